The molecule has 0 atom stereocenters. The minimum Gasteiger partial charge on any atom is -0.357 e. The second-order valence-corrected chi connectivity index (χ2v) is 5.54. The van der Waals surface area contributed by atoms with E-state index >= 15 is 0 Å². The summed E-state index contributed by atoms with van der Waals surface area (Å²) in [5.41, 5.74) is 0.794. The van der Waals surface area contributed by atoms with Crippen LogP contribution in [0.25, 0.3) is 0 Å². The third-order valence-corrected chi connectivity index (χ3v) is 3.36. The topological polar surface area (TPSA) is 67.1 Å². The van der Waals surface area contributed by atoms with Crippen molar-refractivity contribution in [2.24, 2.45) is 12.0 Å². The van der Waals surface area contributed by atoms with Crippen LogP contribution < -0.4 is 10.6 Å². The molecule has 0 saturated heterocycles. The zero-order chi connectivity index (χ0) is 15.9. The summed E-state index contributed by atoms with van der Waals surface area (Å²) in [5.74, 6) is 1.17. The number of hydrogen-bond donors (Lipinski definition) is 2. The average molecular weight is 369 g/mol. The highest BCUT2D eigenvalue weighted by Gasteiger charge is 2.03. The van der Waals surface area contributed by atoms with Crippen LogP contribution in [0.4, 0.5) is 4.39 Å². The maximum Gasteiger partial charge on any atom is 0.191 e. The monoisotopic (exact) mass is 368 g/mol. The molecular formula is C14H18BrFN6. The molecule has 0 aliphatic rings. The van der Waals surface area contributed by atoms with E-state index in [-0.39, 0.29) is 5.82 Å². The number of guanidine groups is 1. The van der Waals surface area contributed by atoms with Gasteiger partial charge in [0.15, 0.2) is 5.96 Å². The Morgan fingerprint density at radius 1 is 1.36 bits per heavy atom. The first-order valence-electron chi connectivity index (χ1n) is 6.88. The third kappa shape index (κ3) is 4.80. The molecule has 0 amide bonds. The van der Waals surface area contributed by atoms with E-state index in [9.17, 15) is 4.39 Å². The predicted octanol–water partition coefficient (Wildman–Crippen LogP) is 1.97. The van der Waals surface area contributed by atoms with Gasteiger partial charge >= 0.3 is 0 Å². The SMILES string of the molecule is CCNC(=NCc1cc(F)cc(Br)c1)NCc1ncnn1C. The number of aryl methyl sites for hydroxylation is 1. The lowest BCUT2D eigenvalue weighted by molar-refractivity contribution is 0.624. The number of aliphatic imine (C=N–C) groups is 1. The molecule has 6 nitrogen and oxygen atoms in total. The smallest absolute Gasteiger partial charge is 0.191 e. The first-order chi connectivity index (χ1) is 10.6. The molecule has 0 spiro atoms. The molecule has 1 aromatic carbocycles. The van der Waals surface area contributed by atoms with Crippen molar-refractivity contribution in [1.29, 1.82) is 0 Å². The summed E-state index contributed by atoms with van der Waals surface area (Å²) in [5, 5.41) is 10.3. The normalized spacial score (nSPS) is 11.5. The highest BCUT2D eigenvalue weighted by molar-refractivity contribution is 9.10. The molecular weight excluding hydrogens is 351 g/mol. The summed E-state index contributed by atoms with van der Waals surface area (Å²) in [7, 11) is 1.83. The Bertz CT molecular complexity index is 634. The van der Waals surface area contributed by atoms with Gasteiger partial charge in [-0.25, -0.2) is 14.4 Å². The lowest BCUT2D eigenvalue weighted by Crippen LogP contribution is -2.37. The van der Waals surface area contributed by atoms with Crippen molar-refractivity contribution in [1.82, 2.24) is 25.4 Å². The largest absolute Gasteiger partial charge is 0.357 e. The first-order valence-corrected chi connectivity index (χ1v) is 7.67. The molecule has 0 saturated carbocycles. The Labute approximate surface area is 137 Å². The number of hydrogen-bond acceptors (Lipinski definition) is 3. The summed E-state index contributed by atoms with van der Waals surface area (Å²) >= 11 is 3.28. The van der Waals surface area contributed by atoms with E-state index < -0.39 is 0 Å². The molecule has 0 bridgehead atoms. The van der Waals surface area contributed by atoms with Crippen LogP contribution in [0.2, 0.25) is 0 Å². The van der Waals surface area contributed by atoms with Crippen LogP contribution in [-0.2, 0) is 20.1 Å². The molecule has 0 fully saturated rings. The van der Waals surface area contributed by atoms with E-state index in [1.165, 1.54) is 18.5 Å². The Hall–Kier alpha value is -1.96. The van der Waals surface area contributed by atoms with Gasteiger partial charge in [0.05, 0.1) is 13.1 Å². The van der Waals surface area contributed by atoms with E-state index in [4.69, 9.17) is 0 Å². The second kappa shape index (κ2) is 7.88. The van der Waals surface area contributed by atoms with Gasteiger partial charge in [0.1, 0.15) is 18.0 Å². The number of nitrogens with one attached hydrogen (secondary N) is 2. The molecule has 2 rings (SSSR count). The van der Waals surface area contributed by atoms with E-state index in [0.717, 1.165) is 17.9 Å². The minimum absolute atomic E-state index is 0.281. The van der Waals surface area contributed by atoms with Crippen molar-refractivity contribution in [3.8, 4) is 0 Å². The van der Waals surface area contributed by atoms with Gasteiger partial charge in [0, 0.05) is 18.1 Å². The molecule has 2 aromatic rings. The van der Waals surface area contributed by atoms with Crippen LogP contribution in [0.15, 0.2) is 34.0 Å². The fourth-order valence-corrected chi connectivity index (χ4v) is 2.37. The van der Waals surface area contributed by atoms with Crippen LogP contribution in [-0.4, -0.2) is 27.3 Å². The van der Waals surface area contributed by atoms with Gasteiger partial charge in [-0.2, -0.15) is 5.10 Å². The van der Waals surface area contributed by atoms with E-state index in [1.807, 2.05) is 20.0 Å². The average Bonchev–Trinajstić information content (AvgIpc) is 2.86. The Morgan fingerprint density at radius 3 is 2.82 bits per heavy atom. The number of benzene rings is 1. The Morgan fingerprint density at radius 2 is 2.18 bits per heavy atom. The molecule has 1 aromatic heterocycles. The molecule has 0 radical (unpaired) electrons. The first kappa shape index (κ1) is 16.4. The molecule has 0 unspecified atom stereocenters. The van der Waals surface area contributed by atoms with Gasteiger partial charge in [0.25, 0.3) is 0 Å². The van der Waals surface area contributed by atoms with Gasteiger partial charge in [-0.3, -0.25) is 4.68 Å². The zero-order valence-corrected chi connectivity index (χ0v) is 14.1. The minimum atomic E-state index is -0.281. The number of halogens is 2. The van der Waals surface area contributed by atoms with Gasteiger partial charge in [-0.15, -0.1) is 0 Å². The maximum atomic E-state index is 13.4. The predicted molar refractivity (Wildman–Crippen MR) is 86.8 cm³/mol. The van der Waals surface area contributed by atoms with E-state index in [2.05, 4.69) is 41.6 Å². The molecule has 118 valence electrons. The summed E-state index contributed by atoms with van der Waals surface area (Å²) in [6.07, 6.45) is 1.51. The number of nitrogens with zero attached hydrogens (tertiary/aromatic N) is 4. The van der Waals surface area contributed by atoms with Gasteiger partial charge < -0.3 is 10.6 Å². The van der Waals surface area contributed by atoms with Crippen molar-refractivity contribution in [2.75, 3.05) is 6.54 Å². The fourth-order valence-electron chi connectivity index (χ4n) is 1.86. The van der Waals surface area contributed by atoms with E-state index in [0.29, 0.717) is 23.5 Å². The maximum absolute atomic E-state index is 13.4. The zero-order valence-electron chi connectivity index (χ0n) is 12.5. The molecule has 0 aliphatic carbocycles. The Kier molecular flexibility index (Phi) is 5.88. The van der Waals surface area contributed by atoms with Crippen LogP contribution in [0.5, 0.6) is 0 Å². The molecule has 1 heterocycles. The standard InChI is InChI=1S/C14H18BrFN6/c1-3-17-14(19-8-13-20-9-21-22(13)2)18-7-10-4-11(15)6-12(16)5-10/h4-6,9H,3,7-8H2,1-2H3,(H2,17,18,19). The summed E-state index contributed by atoms with van der Waals surface area (Å²) < 4.78 is 15.7. The second-order valence-electron chi connectivity index (χ2n) is 4.63. The summed E-state index contributed by atoms with van der Waals surface area (Å²) in [4.78, 5) is 8.58. The summed E-state index contributed by atoms with van der Waals surface area (Å²) in [6.45, 7) is 3.61. The van der Waals surface area contributed by atoms with E-state index in [1.54, 1.807) is 4.68 Å². The van der Waals surface area contributed by atoms with Crippen LogP contribution in [0.3, 0.4) is 0 Å². The molecule has 0 aliphatic heterocycles. The Balaban J connectivity index is 2.01. The molecule has 2 N–H and O–H groups in total. The van der Waals surface area contributed by atoms with Crippen molar-refractivity contribution < 1.29 is 4.39 Å². The van der Waals surface area contributed by atoms with Crippen LogP contribution >= 0.6 is 15.9 Å². The van der Waals surface area contributed by atoms with Crippen molar-refractivity contribution in [2.45, 2.75) is 20.0 Å². The van der Waals surface area contributed by atoms with Crippen molar-refractivity contribution in [3.05, 3.63) is 46.2 Å². The third-order valence-electron chi connectivity index (χ3n) is 2.91. The van der Waals surface area contributed by atoms with Crippen LogP contribution in [0, 0.1) is 5.82 Å². The van der Waals surface area contributed by atoms with Gasteiger partial charge in [0.2, 0.25) is 0 Å². The lowest BCUT2D eigenvalue weighted by atomic mass is 10.2. The lowest BCUT2D eigenvalue weighted by Gasteiger charge is -2.11. The molecule has 22 heavy (non-hydrogen) atoms. The fraction of sp³-hybridized carbons (Fsp3) is 0.357. The summed E-state index contributed by atoms with van der Waals surface area (Å²) in [6, 6.07) is 4.74. The van der Waals surface area contributed by atoms with Crippen molar-refractivity contribution in [3.63, 3.8) is 0 Å². The highest BCUT2D eigenvalue weighted by Crippen LogP contribution is 2.15. The highest BCUT2D eigenvalue weighted by atomic mass is 79.9. The van der Waals surface area contributed by atoms with Gasteiger partial charge in [-0.1, -0.05) is 15.9 Å². The van der Waals surface area contributed by atoms with Crippen LogP contribution in [0.1, 0.15) is 18.3 Å². The van der Waals surface area contributed by atoms with Crippen molar-refractivity contribution >= 4 is 21.9 Å². The number of aromatic nitrogens is 3. The van der Waals surface area contributed by atoms with Gasteiger partial charge in [-0.05, 0) is 30.7 Å². The molecule has 8 heteroatoms. The number of rotatable bonds is 5. The quantitative estimate of drug-likeness (QED) is 0.625.